The highest BCUT2D eigenvalue weighted by Gasteiger charge is 2.19. The van der Waals surface area contributed by atoms with E-state index in [2.05, 4.69) is 5.32 Å². The lowest BCUT2D eigenvalue weighted by Crippen LogP contribution is -2.32. The number of nitrogens with one attached hydrogen (secondary N) is 1. The lowest BCUT2D eigenvalue weighted by molar-refractivity contribution is -0.124. The number of aryl methyl sites for hydroxylation is 1. The average Bonchev–Trinajstić information content (AvgIpc) is 3.21. The second-order valence-corrected chi connectivity index (χ2v) is 7.23. The van der Waals surface area contributed by atoms with E-state index in [1.165, 1.54) is 0 Å². The number of carbonyl (C=O) groups is 2. The summed E-state index contributed by atoms with van der Waals surface area (Å²) in [6.45, 7) is 3.49. The first-order valence-corrected chi connectivity index (χ1v) is 9.55. The van der Waals surface area contributed by atoms with Crippen LogP contribution in [0.1, 0.15) is 38.0 Å². The molecule has 1 aromatic heterocycles. The van der Waals surface area contributed by atoms with Crippen LogP contribution < -0.4 is 5.32 Å². The van der Waals surface area contributed by atoms with Crippen molar-refractivity contribution in [1.82, 2.24) is 5.32 Å². The van der Waals surface area contributed by atoms with Gasteiger partial charge in [0.2, 0.25) is 0 Å². The minimum absolute atomic E-state index is 0.266. The summed E-state index contributed by atoms with van der Waals surface area (Å²) in [7, 11) is 0. The third-order valence-electron chi connectivity index (χ3n) is 4.42. The average molecular weight is 379 g/mol. The highest BCUT2D eigenvalue weighted by molar-refractivity contribution is 7.10. The SMILES string of the molecule is Cc1cccc(C(=O)OCC(=O)N[C@@H](c2ccccc2)c2cccs2)c1C. The van der Waals surface area contributed by atoms with Gasteiger partial charge in [0.05, 0.1) is 11.6 Å². The standard InChI is InChI=1S/C22H21NO3S/c1-15-8-6-11-18(16(15)2)22(25)26-14-20(24)23-21(19-12-7-13-27-19)17-9-4-3-5-10-17/h3-13,21H,14H2,1-2H3,(H,23,24)/t21-/m0/s1. The van der Waals surface area contributed by atoms with E-state index in [1.807, 2.05) is 67.8 Å². The largest absolute Gasteiger partial charge is 0.452 e. The molecule has 138 valence electrons. The summed E-state index contributed by atoms with van der Waals surface area (Å²) < 4.78 is 5.23. The van der Waals surface area contributed by atoms with Crippen LogP contribution in [-0.2, 0) is 9.53 Å². The molecule has 0 unspecified atom stereocenters. The number of amides is 1. The minimum Gasteiger partial charge on any atom is -0.452 e. The Hall–Kier alpha value is -2.92. The molecule has 1 N–H and O–H groups in total. The Morgan fingerprint density at radius 1 is 1.00 bits per heavy atom. The molecule has 0 fully saturated rings. The van der Waals surface area contributed by atoms with Gasteiger partial charge in [0.15, 0.2) is 6.61 Å². The number of rotatable bonds is 6. The van der Waals surface area contributed by atoms with E-state index in [-0.39, 0.29) is 18.6 Å². The fourth-order valence-corrected chi connectivity index (χ4v) is 3.61. The van der Waals surface area contributed by atoms with E-state index in [4.69, 9.17) is 4.74 Å². The van der Waals surface area contributed by atoms with Crippen molar-refractivity contribution in [3.05, 3.63) is 93.2 Å². The van der Waals surface area contributed by atoms with Gasteiger partial charge in [0.1, 0.15) is 0 Å². The van der Waals surface area contributed by atoms with Gasteiger partial charge in [-0.05, 0) is 48.1 Å². The number of esters is 1. The highest BCUT2D eigenvalue weighted by Crippen LogP contribution is 2.25. The first-order valence-electron chi connectivity index (χ1n) is 8.67. The molecule has 3 aromatic rings. The molecular weight excluding hydrogens is 358 g/mol. The molecule has 2 aromatic carbocycles. The topological polar surface area (TPSA) is 55.4 Å². The summed E-state index contributed by atoms with van der Waals surface area (Å²) >= 11 is 1.57. The third kappa shape index (κ3) is 4.63. The van der Waals surface area contributed by atoms with Crippen molar-refractivity contribution in [3.8, 4) is 0 Å². The first-order chi connectivity index (χ1) is 13.1. The molecule has 0 aliphatic rings. The molecule has 0 bridgehead atoms. The zero-order chi connectivity index (χ0) is 19.2. The summed E-state index contributed by atoms with van der Waals surface area (Å²) in [4.78, 5) is 25.8. The predicted octanol–water partition coefficient (Wildman–Crippen LogP) is 4.43. The van der Waals surface area contributed by atoms with Gasteiger partial charge in [0.25, 0.3) is 5.91 Å². The lowest BCUT2D eigenvalue weighted by atomic mass is 10.0. The van der Waals surface area contributed by atoms with Crippen molar-refractivity contribution in [3.63, 3.8) is 0 Å². The maximum Gasteiger partial charge on any atom is 0.338 e. The summed E-state index contributed by atoms with van der Waals surface area (Å²) in [6.07, 6.45) is 0. The molecule has 1 heterocycles. The van der Waals surface area contributed by atoms with E-state index in [0.29, 0.717) is 5.56 Å². The van der Waals surface area contributed by atoms with Crippen molar-refractivity contribution >= 4 is 23.2 Å². The van der Waals surface area contributed by atoms with Gasteiger partial charge in [0, 0.05) is 4.88 Å². The maximum atomic E-state index is 12.4. The van der Waals surface area contributed by atoms with E-state index in [0.717, 1.165) is 21.6 Å². The van der Waals surface area contributed by atoms with Gasteiger partial charge in [-0.2, -0.15) is 0 Å². The Bertz CT molecular complexity index is 920. The molecule has 1 amide bonds. The molecule has 4 nitrogen and oxygen atoms in total. The molecule has 1 atom stereocenters. The zero-order valence-electron chi connectivity index (χ0n) is 15.3. The van der Waals surface area contributed by atoms with Crippen molar-refractivity contribution in [1.29, 1.82) is 0 Å². The quantitative estimate of drug-likeness (QED) is 0.645. The van der Waals surface area contributed by atoms with Gasteiger partial charge < -0.3 is 10.1 Å². The fraction of sp³-hybridized carbons (Fsp3) is 0.182. The van der Waals surface area contributed by atoms with Crippen molar-refractivity contribution in [2.24, 2.45) is 0 Å². The van der Waals surface area contributed by atoms with Gasteiger partial charge in [-0.25, -0.2) is 4.79 Å². The molecule has 3 rings (SSSR count). The van der Waals surface area contributed by atoms with Crippen LogP contribution in [0, 0.1) is 13.8 Å². The third-order valence-corrected chi connectivity index (χ3v) is 5.36. The molecule has 0 saturated carbocycles. The maximum absolute atomic E-state index is 12.4. The molecule has 0 saturated heterocycles. The number of benzene rings is 2. The number of ether oxygens (including phenoxy) is 1. The fourth-order valence-electron chi connectivity index (χ4n) is 2.80. The van der Waals surface area contributed by atoms with E-state index < -0.39 is 5.97 Å². The molecule has 0 radical (unpaired) electrons. The smallest absolute Gasteiger partial charge is 0.338 e. The van der Waals surface area contributed by atoms with Gasteiger partial charge in [-0.1, -0.05) is 48.5 Å². The first kappa shape index (κ1) is 18.9. The Morgan fingerprint density at radius 2 is 1.78 bits per heavy atom. The van der Waals surface area contributed by atoms with E-state index >= 15 is 0 Å². The number of carbonyl (C=O) groups excluding carboxylic acids is 2. The van der Waals surface area contributed by atoms with Gasteiger partial charge in [-0.3, -0.25) is 4.79 Å². The molecule has 0 aliphatic carbocycles. The molecule has 5 heteroatoms. The Labute approximate surface area is 162 Å². The number of hydrogen-bond donors (Lipinski definition) is 1. The van der Waals surface area contributed by atoms with Crippen LogP contribution in [-0.4, -0.2) is 18.5 Å². The molecule has 0 spiro atoms. The Kier molecular flexibility index (Phi) is 6.04. The summed E-state index contributed by atoms with van der Waals surface area (Å²) in [5.74, 6) is -0.824. The van der Waals surface area contributed by atoms with Crippen LogP contribution in [0.3, 0.4) is 0 Å². The molecule has 27 heavy (non-hydrogen) atoms. The highest BCUT2D eigenvalue weighted by atomic mass is 32.1. The van der Waals surface area contributed by atoms with Crippen molar-refractivity contribution in [2.75, 3.05) is 6.61 Å². The van der Waals surface area contributed by atoms with Gasteiger partial charge in [-0.15, -0.1) is 11.3 Å². The lowest BCUT2D eigenvalue weighted by Gasteiger charge is -2.18. The predicted molar refractivity (Wildman–Crippen MR) is 107 cm³/mol. The minimum atomic E-state index is -0.487. The zero-order valence-corrected chi connectivity index (χ0v) is 16.1. The monoisotopic (exact) mass is 379 g/mol. The summed E-state index contributed by atoms with van der Waals surface area (Å²) in [5, 5.41) is 4.93. The van der Waals surface area contributed by atoms with Crippen LogP contribution >= 0.6 is 11.3 Å². The van der Waals surface area contributed by atoms with Crippen LogP contribution in [0.4, 0.5) is 0 Å². The summed E-state index contributed by atoms with van der Waals surface area (Å²) in [5.41, 5.74) is 3.34. The molecule has 0 aliphatic heterocycles. The second-order valence-electron chi connectivity index (χ2n) is 6.25. The van der Waals surface area contributed by atoms with Crippen molar-refractivity contribution in [2.45, 2.75) is 19.9 Å². The van der Waals surface area contributed by atoms with Gasteiger partial charge >= 0.3 is 5.97 Å². The second kappa shape index (κ2) is 8.64. The summed E-state index contributed by atoms with van der Waals surface area (Å²) in [6, 6.07) is 18.8. The van der Waals surface area contributed by atoms with Crippen molar-refractivity contribution < 1.29 is 14.3 Å². The van der Waals surface area contributed by atoms with Crippen LogP contribution in [0.2, 0.25) is 0 Å². The van der Waals surface area contributed by atoms with Crippen LogP contribution in [0.5, 0.6) is 0 Å². The van der Waals surface area contributed by atoms with Crippen LogP contribution in [0.15, 0.2) is 66.0 Å². The van der Waals surface area contributed by atoms with Crippen LogP contribution in [0.25, 0.3) is 0 Å². The molecular formula is C22H21NO3S. The number of thiophene rings is 1. The Morgan fingerprint density at radius 3 is 2.48 bits per heavy atom. The Balaban J connectivity index is 1.66. The number of hydrogen-bond acceptors (Lipinski definition) is 4. The van der Waals surface area contributed by atoms with E-state index in [1.54, 1.807) is 23.5 Å². The van der Waals surface area contributed by atoms with E-state index in [9.17, 15) is 9.59 Å². The normalized spacial score (nSPS) is 11.6.